The molecule has 0 bridgehead atoms. The minimum absolute atomic E-state index is 0.298. The molecule has 10 nitrogen and oxygen atoms in total. The highest BCUT2D eigenvalue weighted by molar-refractivity contribution is 5.80. The summed E-state index contributed by atoms with van der Waals surface area (Å²) in [6, 6.07) is -1.01. The molecule has 1 aliphatic heterocycles. The Kier molecular flexibility index (Phi) is 37.2. The first-order valence-corrected chi connectivity index (χ1v) is 24.9. The second-order valence-electron chi connectivity index (χ2n) is 17.6. The van der Waals surface area contributed by atoms with E-state index in [1.807, 2.05) is 6.08 Å². The summed E-state index contributed by atoms with van der Waals surface area (Å²) in [6.45, 7) is 5.62. The summed E-state index contributed by atoms with van der Waals surface area (Å²) >= 11 is 0. The number of aliphatic hydroxyl groups excluding tert-OH is 6. The fourth-order valence-corrected chi connectivity index (χ4v) is 7.67. The van der Waals surface area contributed by atoms with Crippen molar-refractivity contribution in [3.05, 3.63) is 48.1 Å². The Bertz CT molecular complexity index is 1140. The predicted octanol–water partition coefficient (Wildman–Crippen LogP) is 9.98. The zero-order valence-electron chi connectivity index (χ0n) is 39.0. The first-order valence-electron chi connectivity index (χ1n) is 24.9. The van der Waals surface area contributed by atoms with Crippen LogP contribution in [0, 0.1) is 0 Å². The lowest BCUT2D eigenvalue weighted by molar-refractivity contribution is -0.302. The number of hydrogen-bond acceptors (Lipinski definition) is 9. The van der Waals surface area contributed by atoms with E-state index in [9.17, 15) is 35.4 Å². The summed E-state index contributed by atoms with van der Waals surface area (Å²) in [5.41, 5.74) is 1.18. The second-order valence-corrected chi connectivity index (χ2v) is 17.6. The van der Waals surface area contributed by atoms with Gasteiger partial charge in [-0.25, -0.2) is 0 Å². The van der Waals surface area contributed by atoms with Gasteiger partial charge in [-0.1, -0.05) is 190 Å². The van der Waals surface area contributed by atoms with Crippen molar-refractivity contribution in [2.24, 2.45) is 0 Å². The molecule has 0 radical (unpaired) electrons. The Balaban J connectivity index is 2.40. The van der Waals surface area contributed by atoms with Gasteiger partial charge in [0.05, 0.1) is 25.4 Å². The topological polar surface area (TPSA) is 169 Å². The van der Waals surface area contributed by atoms with Crippen LogP contribution in [0.15, 0.2) is 48.1 Å². The van der Waals surface area contributed by atoms with Crippen molar-refractivity contribution < 1.29 is 44.9 Å². The van der Waals surface area contributed by atoms with Gasteiger partial charge in [0.15, 0.2) is 6.29 Å². The molecule has 7 N–H and O–H groups in total. The summed E-state index contributed by atoms with van der Waals surface area (Å²) in [5.74, 6) is -0.634. The third kappa shape index (κ3) is 30.0. The van der Waals surface area contributed by atoms with E-state index in [0.29, 0.717) is 19.3 Å². The maximum absolute atomic E-state index is 13.1. The molecule has 1 fully saturated rings. The SMILES string of the molecule is CCCCCCC/C=C/C(C)=C/CC/C=C/[C@@H](O)[C@H](CO[C@@H]1O[C@H](CO)[C@@H](O)[C@H](O)[C@H]1O)NC(=O)[C@H](O)CCCCCCCCCCCCCC/C=C\CCCCCCCC. The van der Waals surface area contributed by atoms with E-state index in [1.54, 1.807) is 6.08 Å². The van der Waals surface area contributed by atoms with Gasteiger partial charge < -0.3 is 45.4 Å². The molecule has 0 saturated carbocycles. The number of amides is 1. The van der Waals surface area contributed by atoms with Gasteiger partial charge in [-0.15, -0.1) is 0 Å². The van der Waals surface area contributed by atoms with E-state index < -0.39 is 61.5 Å². The Morgan fingerprint density at radius 2 is 1.11 bits per heavy atom. The molecule has 1 rings (SSSR count). The van der Waals surface area contributed by atoms with Crippen LogP contribution in [0.2, 0.25) is 0 Å². The van der Waals surface area contributed by atoms with Gasteiger partial charge >= 0.3 is 0 Å². The van der Waals surface area contributed by atoms with Gasteiger partial charge in [0.1, 0.15) is 30.5 Å². The minimum Gasteiger partial charge on any atom is -0.394 e. The fourth-order valence-electron chi connectivity index (χ4n) is 7.67. The van der Waals surface area contributed by atoms with Gasteiger partial charge in [0, 0.05) is 0 Å². The number of rotatable bonds is 40. The average Bonchev–Trinajstić information content (AvgIpc) is 3.25. The first-order chi connectivity index (χ1) is 29.7. The zero-order chi connectivity index (χ0) is 44.8. The Morgan fingerprint density at radius 1 is 0.623 bits per heavy atom. The van der Waals surface area contributed by atoms with Gasteiger partial charge in [-0.05, 0) is 64.7 Å². The number of carbonyl (C=O) groups is 1. The Labute approximate surface area is 372 Å². The van der Waals surface area contributed by atoms with Crippen molar-refractivity contribution in [2.45, 2.75) is 256 Å². The van der Waals surface area contributed by atoms with Gasteiger partial charge in [0.25, 0.3) is 0 Å². The number of ether oxygens (including phenoxy) is 2. The third-order valence-electron chi connectivity index (χ3n) is 11.8. The highest BCUT2D eigenvalue weighted by Crippen LogP contribution is 2.23. The molecule has 0 aliphatic carbocycles. The van der Waals surface area contributed by atoms with E-state index in [2.05, 4.69) is 56.5 Å². The van der Waals surface area contributed by atoms with Crippen LogP contribution < -0.4 is 5.32 Å². The molecule has 0 aromatic rings. The van der Waals surface area contributed by atoms with E-state index in [-0.39, 0.29) is 6.61 Å². The van der Waals surface area contributed by atoms with Crippen molar-refractivity contribution in [1.29, 1.82) is 0 Å². The summed E-state index contributed by atoms with van der Waals surface area (Å²) in [6.07, 6.45) is 38.8. The van der Waals surface area contributed by atoms with Crippen LogP contribution in [0.25, 0.3) is 0 Å². The molecule has 0 unspecified atom stereocenters. The molecule has 1 heterocycles. The lowest BCUT2D eigenvalue weighted by Gasteiger charge is -2.40. The second kappa shape index (κ2) is 39.7. The number of unbranched alkanes of at least 4 members (excludes halogenated alkanes) is 24. The smallest absolute Gasteiger partial charge is 0.249 e. The van der Waals surface area contributed by atoms with Gasteiger partial charge in [-0.2, -0.15) is 0 Å². The van der Waals surface area contributed by atoms with E-state index >= 15 is 0 Å². The third-order valence-corrected chi connectivity index (χ3v) is 11.8. The van der Waals surface area contributed by atoms with Crippen molar-refractivity contribution in [3.63, 3.8) is 0 Å². The normalized spacial score (nSPS) is 21.5. The Hall–Kier alpha value is -1.89. The Morgan fingerprint density at radius 3 is 1.64 bits per heavy atom. The van der Waals surface area contributed by atoms with Crippen LogP contribution in [0.3, 0.4) is 0 Å². The van der Waals surface area contributed by atoms with E-state index in [4.69, 9.17) is 9.47 Å². The average molecular weight is 864 g/mol. The lowest BCUT2D eigenvalue weighted by Crippen LogP contribution is -2.60. The van der Waals surface area contributed by atoms with Crippen LogP contribution in [0.5, 0.6) is 0 Å². The van der Waals surface area contributed by atoms with Crippen LogP contribution >= 0.6 is 0 Å². The van der Waals surface area contributed by atoms with E-state index in [1.165, 1.54) is 140 Å². The fraction of sp³-hybridized carbons (Fsp3) is 0.824. The quantitative estimate of drug-likeness (QED) is 0.0180. The van der Waals surface area contributed by atoms with Crippen molar-refractivity contribution in [1.82, 2.24) is 5.32 Å². The van der Waals surface area contributed by atoms with Crippen LogP contribution in [0.4, 0.5) is 0 Å². The molecule has 61 heavy (non-hydrogen) atoms. The largest absolute Gasteiger partial charge is 0.394 e. The molecule has 1 aliphatic rings. The molecular formula is C51H93NO9. The number of carbonyl (C=O) groups excluding carboxylic acids is 1. The van der Waals surface area contributed by atoms with Crippen molar-refractivity contribution >= 4 is 5.91 Å². The minimum atomic E-state index is -1.62. The van der Waals surface area contributed by atoms with E-state index in [0.717, 1.165) is 32.1 Å². The number of aliphatic hydroxyl groups is 6. The number of allylic oxidation sites excluding steroid dienone is 7. The predicted molar refractivity (Wildman–Crippen MR) is 250 cm³/mol. The van der Waals surface area contributed by atoms with Gasteiger partial charge in [0.2, 0.25) is 5.91 Å². The molecule has 0 spiro atoms. The number of nitrogens with one attached hydrogen (secondary N) is 1. The van der Waals surface area contributed by atoms with Gasteiger partial charge in [-0.3, -0.25) is 4.79 Å². The lowest BCUT2D eigenvalue weighted by atomic mass is 9.99. The summed E-state index contributed by atoms with van der Waals surface area (Å²) in [5, 5.41) is 64.8. The molecular weight excluding hydrogens is 771 g/mol. The molecule has 0 aromatic heterocycles. The molecule has 1 amide bonds. The molecule has 0 aromatic carbocycles. The summed E-state index contributed by atoms with van der Waals surface area (Å²) < 4.78 is 11.1. The summed E-state index contributed by atoms with van der Waals surface area (Å²) in [4.78, 5) is 13.1. The highest BCUT2D eigenvalue weighted by Gasteiger charge is 2.44. The molecule has 10 heteroatoms. The van der Waals surface area contributed by atoms with Crippen LogP contribution in [-0.4, -0.2) is 98.7 Å². The van der Waals surface area contributed by atoms with Crippen molar-refractivity contribution in [3.8, 4) is 0 Å². The van der Waals surface area contributed by atoms with Crippen LogP contribution in [-0.2, 0) is 14.3 Å². The zero-order valence-corrected chi connectivity index (χ0v) is 39.0. The summed E-state index contributed by atoms with van der Waals surface area (Å²) in [7, 11) is 0. The monoisotopic (exact) mass is 864 g/mol. The molecule has 356 valence electrons. The first kappa shape index (κ1) is 57.1. The van der Waals surface area contributed by atoms with Crippen molar-refractivity contribution in [2.75, 3.05) is 13.2 Å². The maximum Gasteiger partial charge on any atom is 0.249 e. The highest BCUT2D eigenvalue weighted by atomic mass is 16.7. The standard InChI is InChI=1S/C51H93NO9/c1-4-6-8-10-12-13-14-15-16-17-18-19-20-21-22-23-24-25-26-28-30-34-39-45(55)50(59)52-43(41-60-51-49(58)48(57)47(56)46(40-53)61-51)44(54)38-35-31-33-37-42(3)36-32-29-27-11-9-7-5-2/h15-16,32,35-38,43-49,51,53-58H,4-14,17-31,33-34,39-41H2,1-3H3,(H,52,59)/b16-15-,36-32+,38-35+,42-37+/t43-,44+,45+,46+,47+,48-,49+,51+/m0/s1. The van der Waals surface area contributed by atoms with Crippen LogP contribution in [0.1, 0.15) is 207 Å². The molecule has 8 atom stereocenters. The maximum atomic E-state index is 13.1. The molecule has 1 saturated heterocycles. The number of hydrogen-bond donors (Lipinski definition) is 7.